The Bertz CT molecular complexity index is 436. The van der Waals surface area contributed by atoms with Crippen molar-refractivity contribution >= 4 is 17.4 Å². The first-order chi connectivity index (χ1) is 10.1. The third-order valence-electron chi connectivity index (χ3n) is 3.69. The highest BCUT2D eigenvalue weighted by atomic mass is 32.1. The molecular formula is C15H24N2O3S. The number of carbonyl (C=O) groups excluding carboxylic acids is 1. The van der Waals surface area contributed by atoms with E-state index in [2.05, 4.69) is 18.3 Å². The van der Waals surface area contributed by atoms with Crippen LogP contribution in [0.3, 0.4) is 0 Å². The quantitative estimate of drug-likeness (QED) is 0.874. The van der Waals surface area contributed by atoms with Gasteiger partial charge in [-0.3, -0.25) is 0 Å². The molecule has 2 amide bonds. The van der Waals surface area contributed by atoms with Crippen molar-refractivity contribution in [3.05, 3.63) is 22.4 Å². The van der Waals surface area contributed by atoms with Gasteiger partial charge in [-0.15, -0.1) is 11.3 Å². The zero-order chi connectivity index (χ0) is 15.2. The zero-order valence-electron chi connectivity index (χ0n) is 12.6. The molecule has 1 saturated heterocycles. The number of nitrogens with one attached hydrogen (secondary N) is 1. The maximum absolute atomic E-state index is 12.3. The van der Waals surface area contributed by atoms with Gasteiger partial charge in [-0.1, -0.05) is 13.0 Å². The van der Waals surface area contributed by atoms with Crippen molar-refractivity contribution in [2.75, 3.05) is 26.3 Å². The molecule has 2 N–H and O–H groups in total. The highest BCUT2D eigenvalue weighted by molar-refractivity contribution is 7.10. The molecule has 0 aliphatic carbocycles. The van der Waals surface area contributed by atoms with Crippen LogP contribution in [0.1, 0.15) is 31.1 Å². The van der Waals surface area contributed by atoms with Gasteiger partial charge in [0.1, 0.15) is 0 Å². The number of carbonyl (C=O) groups is 1. The van der Waals surface area contributed by atoms with E-state index in [-0.39, 0.29) is 12.1 Å². The molecule has 2 heterocycles. The molecule has 1 aromatic rings. The summed E-state index contributed by atoms with van der Waals surface area (Å²) < 4.78 is 5.42. The Morgan fingerprint density at radius 1 is 1.62 bits per heavy atom. The lowest BCUT2D eigenvalue weighted by Crippen LogP contribution is -2.53. The van der Waals surface area contributed by atoms with Crippen molar-refractivity contribution in [1.82, 2.24) is 10.2 Å². The molecule has 1 aliphatic rings. The highest BCUT2D eigenvalue weighted by Crippen LogP contribution is 2.20. The van der Waals surface area contributed by atoms with E-state index in [1.807, 2.05) is 11.4 Å². The number of aliphatic hydroxyl groups is 1. The first kappa shape index (κ1) is 16.3. The van der Waals surface area contributed by atoms with Crippen LogP contribution in [0.15, 0.2) is 17.5 Å². The molecule has 6 heteroatoms. The number of hydrogen-bond acceptors (Lipinski definition) is 4. The van der Waals surface area contributed by atoms with Crippen LogP contribution in [0.4, 0.5) is 4.79 Å². The van der Waals surface area contributed by atoms with Crippen LogP contribution in [-0.2, 0) is 4.74 Å². The van der Waals surface area contributed by atoms with Gasteiger partial charge >= 0.3 is 6.03 Å². The summed E-state index contributed by atoms with van der Waals surface area (Å²) in [6.07, 6.45) is 0.116. The molecule has 0 unspecified atom stereocenters. The Hall–Kier alpha value is -1.11. The second-order valence-electron chi connectivity index (χ2n) is 5.61. The van der Waals surface area contributed by atoms with Crippen LogP contribution < -0.4 is 5.32 Å². The number of thiophene rings is 1. The number of amides is 2. The summed E-state index contributed by atoms with van der Waals surface area (Å²) in [5.41, 5.74) is 0. The van der Waals surface area contributed by atoms with Crippen molar-refractivity contribution in [1.29, 1.82) is 0 Å². The summed E-state index contributed by atoms with van der Waals surface area (Å²) >= 11 is 1.71. The minimum Gasteiger partial charge on any atom is -0.393 e. The Labute approximate surface area is 129 Å². The topological polar surface area (TPSA) is 61.8 Å². The molecule has 0 saturated carbocycles. The van der Waals surface area contributed by atoms with Gasteiger partial charge in [-0.2, -0.15) is 0 Å². The van der Waals surface area contributed by atoms with Gasteiger partial charge in [0.25, 0.3) is 0 Å². The fourth-order valence-electron chi connectivity index (χ4n) is 2.53. The molecule has 5 nitrogen and oxygen atoms in total. The molecule has 3 atom stereocenters. The second kappa shape index (κ2) is 7.77. The van der Waals surface area contributed by atoms with Gasteiger partial charge in [0.15, 0.2) is 0 Å². The number of nitrogens with zero attached hydrogens (tertiary/aromatic N) is 1. The summed E-state index contributed by atoms with van der Waals surface area (Å²) in [5.74, 6) is 0.310. The first-order valence-electron chi connectivity index (χ1n) is 7.41. The van der Waals surface area contributed by atoms with E-state index in [9.17, 15) is 9.90 Å². The normalized spacial score (nSPS) is 21.9. The van der Waals surface area contributed by atoms with Gasteiger partial charge in [0.2, 0.25) is 0 Å². The fourth-order valence-corrected chi connectivity index (χ4v) is 3.31. The maximum Gasteiger partial charge on any atom is 0.317 e. The zero-order valence-corrected chi connectivity index (χ0v) is 13.4. The second-order valence-corrected chi connectivity index (χ2v) is 6.59. The van der Waals surface area contributed by atoms with Crippen LogP contribution in [0.5, 0.6) is 0 Å². The lowest BCUT2D eigenvalue weighted by atomic mass is 10.1. The SMILES string of the molecule is C[C@H](O)C[C@H]1COCCN1C(=O)NC[C@H](C)c1cccs1. The number of aliphatic hydroxyl groups excluding tert-OH is 1. The van der Waals surface area contributed by atoms with Crippen molar-refractivity contribution in [3.8, 4) is 0 Å². The van der Waals surface area contributed by atoms with E-state index in [0.717, 1.165) is 0 Å². The minimum atomic E-state index is -0.433. The summed E-state index contributed by atoms with van der Waals surface area (Å²) in [7, 11) is 0. The molecule has 2 rings (SSSR count). The van der Waals surface area contributed by atoms with Crippen molar-refractivity contribution in [3.63, 3.8) is 0 Å². The highest BCUT2D eigenvalue weighted by Gasteiger charge is 2.28. The molecule has 0 aromatic carbocycles. The van der Waals surface area contributed by atoms with E-state index in [4.69, 9.17) is 4.74 Å². The summed E-state index contributed by atoms with van der Waals surface area (Å²) in [6, 6.07) is 4.01. The lowest BCUT2D eigenvalue weighted by Gasteiger charge is -2.36. The van der Waals surface area contributed by atoms with Crippen molar-refractivity contribution in [2.45, 2.75) is 38.3 Å². The molecule has 0 bridgehead atoms. The molecular weight excluding hydrogens is 288 g/mol. The summed E-state index contributed by atoms with van der Waals surface area (Å²) in [4.78, 5) is 15.4. The average Bonchev–Trinajstić information content (AvgIpc) is 2.98. The van der Waals surface area contributed by atoms with Gasteiger partial charge in [0.05, 0.1) is 25.4 Å². The number of rotatable bonds is 5. The van der Waals surface area contributed by atoms with Crippen LogP contribution in [0.25, 0.3) is 0 Å². The molecule has 21 heavy (non-hydrogen) atoms. The van der Waals surface area contributed by atoms with Gasteiger partial charge < -0.3 is 20.1 Å². The number of urea groups is 1. The molecule has 1 aliphatic heterocycles. The third-order valence-corrected chi connectivity index (χ3v) is 4.79. The van der Waals surface area contributed by atoms with E-state index in [1.54, 1.807) is 23.2 Å². The van der Waals surface area contributed by atoms with Gasteiger partial charge in [-0.25, -0.2) is 4.79 Å². The Balaban J connectivity index is 1.85. The van der Waals surface area contributed by atoms with E-state index >= 15 is 0 Å². The molecule has 1 fully saturated rings. The van der Waals surface area contributed by atoms with Crippen LogP contribution in [0.2, 0.25) is 0 Å². The average molecular weight is 312 g/mol. The summed E-state index contributed by atoms with van der Waals surface area (Å²) in [5, 5.41) is 14.6. The molecule has 0 spiro atoms. The minimum absolute atomic E-state index is 0.0456. The Kier molecular flexibility index (Phi) is 6.02. The van der Waals surface area contributed by atoms with Crippen LogP contribution in [0, 0.1) is 0 Å². The predicted molar refractivity (Wildman–Crippen MR) is 83.7 cm³/mol. The van der Waals surface area contributed by atoms with Gasteiger partial charge in [-0.05, 0) is 24.8 Å². The monoisotopic (exact) mass is 312 g/mol. The smallest absolute Gasteiger partial charge is 0.317 e. The number of hydrogen-bond donors (Lipinski definition) is 2. The molecule has 118 valence electrons. The predicted octanol–water partition coefficient (Wildman–Crippen LogP) is 2.03. The Morgan fingerprint density at radius 2 is 2.43 bits per heavy atom. The van der Waals surface area contributed by atoms with E-state index < -0.39 is 6.10 Å². The van der Waals surface area contributed by atoms with Crippen molar-refractivity contribution < 1.29 is 14.6 Å². The van der Waals surface area contributed by atoms with Crippen LogP contribution >= 0.6 is 11.3 Å². The van der Waals surface area contributed by atoms with Gasteiger partial charge in [0, 0.05) is 23.9 Å². The van der Waals surface area contributed by atoms with Crippen LogP contribution in [-0.4, -0.2) is 54.5 Å². The largest absolute Gasteiger partial charge is 0.393 e. The summed E-state index contributed by atoms with van der Waals surface area (Å²) in [6.45, 7) is 6.11. The fraction of sp³-hybridized carbons (Fsp3) is 0.667. The number of ether oxygens (including phenoxy) is 1. The standard InChI is InChI=1S/C15H24N2O3S/c1-11(14-4-3-7-21-14)9-16-15(19)17-5-6-20-10-13(17)8-12(2)18/h3-4,7,11-13,18H,5-6,8-10H2,1-2H3,(H,16,19)/t11-,12-,13-/m0/s1. The van der Waals surface area contributed by atoms with E-state index in [0.29, 0.717) is 38.6 Å². The van der Waals surface area contributed by atoms with E-state index in [1.165, 1.54) is 4.88 Å². The Morgan fingerprint density at radius 3 is 3.10 bits per heavy atom. The first-order valence-corrected chi connectivity index (χ1v) is 8.29. The lowest BCUT2D eigenvalue weighted by molar-refractivity contribution is -0.00432. The third kappa shape index (κ3) is 4.69. The van der Waals surface area contributed by atoms with Crippen molar-refractivity contribution in [2.24, 2.45) is 0 Å². The molecule has 1 aromatic heterocycles. The molecule has 0 radical (unpaired) electrons. The number of morpholine rings is 1. The maximum atomic E-state index is 12.3.